The summed E-state index contributed by atoms with van der Waals surface area (Å²) in [5.74, 6) is -3.89. The highest BCUT2D eigenvalue weighted by molar-refractivity contribution is 9.10. The molecule has 1 aromatic carbocycles. The summed E-state index contributed by atoms with van der Waals surface area (Å²) in [7, 11) is 0. The molecule has 0 atom stereocenters. The van der Waals surface area contributed by atoms with Crippen LogP contribution in [0.5, 0.6) is 0 Å². The van der Waals surface area contributed by atoms with Crippen molar-refractivity contribution in [3.8, 4) is 11.4 Å². The molecule has 2 rings (SSSR count). The van der Waals surface area contributed by atoms with Gasteiger partial charge in [-0.25, -0.2) is 18.2 Å². The summed E-state index contributed by atoms with van der Waals surface area (Å²) in [6.45, 7) is 0. The zero-order valence-electron chi connectivity index (χ0n) is 8.10. The van der Waals surface area contributed by atoms with Crippen LogP contribution < -0.4 is 0 Å². The first kappa shape index (κ1) is 12.3. The van der Waals surface area contributed by atoms with Gasteiger partial charge in [-0.05, 0) is 28.1 Å². The Labute approximate surface area is 108 Å². The minimum atomic E-state index is -1.51. The van der Waals surface area contributed by atoms with E-state index in [9.17, 15) is 13.2 Å². The van der Waals surface area contributed by atoms with Crippen LogP contribution in [-0.4, -0.2) is 9.97 Å². The number of aromatic nitrogens is 2. The first-order valence-electron chi connectivity index (χ1n) is 4.39. The van der Waals surface area contributed by atoms with Crippen LogP contribution in [0.15, 0.2) is 22.8 Å². The Morgan fingerprint density at radius 1 is 1.18 bits per heavy atom. The standard InChI is InChI=1S/C10H4BrF3N2S/c11-5-3-15-9(16-10(5)17)4-1-6(12)8(14)7(13)2-4/h1-3H,(H,15,16,17). The quantitative estimate of drug-likeness (QED) is 0.636. The summed E-state index contributed by atoms with van der Waals surface area (Å²) in [5, 5.41) is 0. The van der Waals surface area contributed by atoms with Crippen LogP contribution in [0.4, 0.5) is 13.2 Å². The molecule has 0 aliphatic carbocycles. The summed E-state index contributed by atoms with van der Waals surface area (Å²) < 4.78 is 39.7. The fourth-order valence-electron chi connectivity index (χ4n) is 1.22. The van der Waals surface area contributed by atoms with E-state index in [-0.39, 0.29) is 11.4 Å². The Hall–Kier alpha value is -1.21. The van der Waals surface area contributed by atoms with E-state index in [1.54, 1.807) is 0 Å². The Morgan fingerprint density at radius 3 is 2.29 bits per heavy atom. The smallest absolute Gasteiger partial charge is 0.194 e. The van der Waals surface area contributed by atoms with Gasteiger partial charge < -0.3 is 4.98 Å². The van der Waals surface area contributed by atoms with Gasteiger partial charge >= 0.3 is 0 Å². The van der Waals surface area contributed by atoms with Crippen LogP contribution in [-0.2, 0) is 0 Å². The lowest BCUT2D eigenvalue weighted by atomic mass is 10.2. The van der Waals surface area contributed by atoms with Crippen LogP contribution in [0.2, 0.25) is 0 Å². The lowest BCUT2D eigenvalue weighted by molar-refractivity contribution is 0.447. The fourth-order valence-corrected chi connectivity index (χ4v) is 1.57. The molecule has 0 aliphatic rings. The molecule has 0 amide bonds. The third-order valence-corrected chi connectivity index (χ3v) is 3.20. The van der Waals surface area contributed by atoms with Crippen molar-refractivity contribution in [3.63, 3.8) is 0 Å². The number of H-pyrrole nitrogens is 1. The van der Waals surface area contributed by atoms with E-state index in [1.165, 1.54) is 6.20 Å². The number of halogens is 4. The van der Waals surface area contributed by atoms with Crippen LogP contribution in [0, 0.1) is 22.1 Å². The molecule has 1 aromatic heterocycles. The number of hydrogen-bond donors (Lipinski definition) is 1. The maximum atomic E-state index is 13.0. The molecular formula is C10H4BrF3N2S. The van der Waals surface area contributed by atoms with E-state index in [4.69, 9.17) is 12.2 Å². The highest BCUT2D eigenvalue weighted by Gasteiger charge is 2.12. The van der Waals surface area contributed by atoms with Crippen molar-refractivity contribution in [1.29, 1.82) is 0 Å². The highest BCUT2D eigenvalue weighted by atomic mass is 79.9. The average molecular weight is 321 g/mol. The second-order valence-corrected chi connectivity index (χ2v) is 4.43. The van der Waals surface area contributed by atoms with Gasteiger partial charge in [-0.2, -0.15) is 0 Å². The van der Waals surface area contributed by atoms with E-state index >= 15 is 0 Å². The third-order valence-electron chi connectivity index (χ3n) is 2.01. The summed E-state index contributed by atoms with van der Waals surface area (Å²) >= 11 is 8.06. The number of nitrogens with one attached hydrogen (secondary N) is 1. The Balaban J connectivity index is 2.61. The van der Waals surface area contributed by atoms with Crippen LogP contribution in [0.3, 0.4) is 0 Å². The second-order valence-electron chi connectivity index (χ2n) is 3.16. The molecule has 0 unspecified atom stereocenters. The van der Waals surface area contributed by atoms with Crippen molar-refractivity contribution in [3.05, 3.63) is 44.9 Å². The number of nitrogens with zero attached hydrogens (tertiary/aromatic N) is 1. The number of aromatic amines is 1. The summed E-state index contributed by atoms with van der Waals surface area (Å²) in [4.78, 5) is 6.56. The molecule has 17 heavy (non-hydrogen) atoms. The Bertz CT molecular complexity index is 619. The van der Waals surface area contributed by atoms with Gasteiger partial charge in [0.2, 0.25) is 0 Å². The minimum absolute atomic E-state index is 0.0833. The van der Waals surface area contributed by atoms with E-state index in [0.29, 0.717) is 9.11 Å². The van der Waals surface area contributed by atoms with Crippen LogP contribution in [0.1, 0.15) is 0 Å². The van der Waals surface area contributed by atoms with Gasteiger partial charge in [-0.3, -0.25) is 0 Å². The number of benzene rings is 1. The fraction of sp³-hybridized carbons (Fsp3) is 0. The normalized spacial score (nSPS) is 10.6. The van der Waals surface area contributed by atoms with Gasteiger partial charge in [0, 0.05) is 11.8 Å². The maximum absolute atomic E-state index is 13.0. The molecule has 0 spiro atoms. The molecule has 0 bridgehead atoms. The highest BCUT2D eigenvalue weighted by Crippen LogP contribution is 2.21. The second kappa shape index (κ2) is 4.58. The molecule has 1 heterocycles. The monoisotopic (exact) mass is 320 g/mol. The molecule has 7 heteroatoms. The molecule has 0 radical (unpaired) electrons. The van der Waals surface area contributed by atoms with E-state index < -0.39 is 17.5 Å². The van der Waals surface area contributed by atoms with Gasteiger partial charge in [0.1, 0.15) is 10.5 Å². The molecule has 1 N–H and O–H groups in total. The van der Waals surface area contributed by atoms with Crippen molar-refractivity contribution < 1.29 is 13.2 Å². The van der Waals surface area contributed by atoms with Crippen LogP contribution in [0.25, 0.3) is 11.4 Å². The van der Waals surface area contributed by atoms with Crippen molar-refractivity contribution in [1.82, 2.24) is 9.97 Å². The molecule has 0 saturated heterocycles. The zero-order valence-corrected chi connectivity index (χ0v) is 10.5. The van der Waals surface area contributed by atoms with Crippen molar-refractivity contribution >= 4 is 28.1 Å². The summed E-state index contributed by atoms with van der Waals surface area (Å²) in [6.07, 6.45) is 1.40. The molecular weight excluding hydrogens is 317 g/mol. The van der Waals surface area contributed by atoms with Gasteiger partial charge in [-0.1, -0.05) is 12.2 Å². The van der Waals surface area contributed by atoms with Gasteiger partial charge in [-0.15, -0.1) is 0 Å². The number of hydrogen-bond acceptors (Lipinski definition) is 2. The van der Waals surface area contributed by atoms with Crippen molar-refractivity contribution in [2.45, 2.75) is 0 Å². The molecule has 88 valence electrons. The maximum Gasteiger partial charge on any atom is 0.194 e. The summed E-state index contributed by atoms with van der Waals surface area (Å²) in [5.41, 5.74) is 0.0833. The Morgan fingerprint density at radius 2 is 1.76 bits per heavy atom. The predicted octanol–water partition coefficient (Wildman–Crippen LogP) is 3.99. The van der Waals surface area contributed by atoms with E-state index in [2.05, 4.69) is 25.9 Å². The van der Waals surface area contributed by atoms with Crippen LogP contribution >= 0.6 is 28.1 Å². The molecule has 0 fully saturated rings. The minimum Gasteiger partial charge on any atom is -0.330 e. The first-order chi connectivity index (χ1) is 7.99. The molecule has 0 saturated carbocycles. The lowest BCUT2D eigenvalue weighted by Crippen LogP contribution is -1.95. The van der Waals surface area contributed by atoms with E-state index in [1.807, 2.05) is 0 Å². The third kappa shape index (κ3) is 2.39. The average Bonchev–Trinajstić information content (AvgIpc) is 2.29. The summed E-state index contributed by atoms with van der Waals surface area (Å²) in [6, 6.07) is 1.69. The lowest BCUT2D eigenvalue weighted by Gasteiger charge is -2.03. The van der Waals surface area contributed by atoms with Gasteiger partial charge in [0.15, 0.2) is 17.5 Å². The predicted molar refractivity (Wildman–Crippen MR) is 62.4 cm³/mol. The van der Waals surface area contributed by atoms with Crippen molar-refractivity contribution in [2.75, 3.05) is 0 Å². The van der Waals surface area contributed by atoms with Gasteiger partial charge in [0.25, 0.3) is 0 Å². The Kier molecular flexibility index (Phi) is 3.30. The first-order valence-corrected chi connectivity index (χ1v) is 5.59. The number of rotatable bonds is 1. The van der Waals surface area contributed by atoms with E-state index in [0.717, 1.165) is 12.1 Å². The molecule has 2 nitrogen and oxygen atoms in total. The molecule has 0 aliphatic heterocycles. The van der Waals surface area contributed by atoms with Crippen molar-refractivity contribution in [2.24, 2.45) is 0 Å². The largest absolute Gasteiger partial charge is 0.330 e. The zero-order chi connectivity index (χ0) is 12.6. The van der Waals surface area contributed by atoms with Gasteiger partial charge in [0.05, 0.1) is 4.47 Å². The topological polar surface area (TPSA) is 28.7 Å². The molecule has 2 aromatic rings. The SMILES string of the molecule is Fc1cc(-c2ncc(Br)c(=S)[nH]2)cc(F)c1F.